The molecule has 110 valence electrons. The SMILES string of the molecule is COCCNc1ccc(NC(=O)c2ccc(Cl)cc2)nc1. The van der Waals surface area contributed by atoms with Crippen LogP contribution in [0.3, 0.4) is 0 Å². The summed E-state index contributed by atoms with van der Waals surface area (Å²) >= 11 is 5.79. The zero-order chi connectivity index (χ0) is 15.1. The number of carbonyl (C=O) groups excluding carboxylic acids is 1. The van der Waals surface area contributed by atoms with Gasteiger partial charge in [-0.05, 0) is 36.4 Å². The van der Waals surface area contributed by atoms with Gasteiger partial charge in [0.1, 0.15) is 5.82 Å². The van der Waals surface area contributed by atoms with Crippen LogP contribution in [0.4, 0.5) is 11.5 Å². The molecule has 1 amide bonds. The van der Waals surface area contributed by atoms with Crippen molar-refractivity contribution in [1.29, 1.82) is 0 Å². The number of amides is 1. The number of carbonyl (C=O) groups is 1. The van der Waals surface area contributed by atoms with Crippen LogP contribution in [0, 0.1) is 0 Å². The van der Waals surface area contributed by atoms with Crippen LogP contribution >= 0.6 is 11.6 Å². The maximum absolute atomic E-state index is 12.0. The van der Waals surface area contributed by atoms with Gasteiger partial charge in [0.15, 0.2) is 0 Å². The molecule has 2 N–H and O–H groups in total. The van der Waals surface area contributed by atoms with Crippen molar-refractivity contribution in [3.05, 3.63) is 53.2 Å². The van der Waals surface area contributed by atoms with Crippen molar-refractivity contribution < 1.29 is 9.53 Å². The first-order valence-electron chi connectivity index (χ1n) is 6.45. The second kappa shape index (κ2) is 7.61. The van der Waals surface area contributed by atoms with Gasteiger partial charge in [-0.25, -0.2) is 4.98 Å². The third-order valence-electron chi connectivity index (χ3n) is 2.75. The molecule has 5 nitrogen and oxygen atoms in total. The van der Waals surface area contributed by atoms with Gasteiger partial charge in [-0.15, -0.1) is 0 Å². The summed E-state index contributed by atoms with van der Waals surface area (Å²) in [5.41, 5.74) is 1.40. The molecule has 2 aromatic rings. The van der Waals surface area contributed by atoms with E-state index in [1.807, 2.05) is 6.07 Å². The third kappa shape index (κ3) is 4.73. The van der Waals surface area contributed by atoms with Gasteiger partial charge in [-0.1, -0.05) is 11.6 Å². The lowest BCUT2D eigenvalue weighted by Gasteiger charge is -2.07. The lowest BCUT2D eigenvalue weighted by molar-refractivity contribution is 0.102. The molecule has 21 heavy (non-hydrogen) atoms. The van der Waals surface area contributed by atoms with Gasteiger partial charge in [-0.3, -0.25) is 4.79 Å². The highest BCUT2D eigenvalue weighted by Crippen LogP contribution is 2.13. The lowest BCUT2D eigenvalue weighted by atomic mass is 10.2. The molecule has 0 spiro atoms. The lowest BCUT2D eigenvalue weighted by Crippen LogP contribution is -2.13. The van der Waals surface area contributed by atoms with E-state index >= 15 is 0 Å². The third-order valence-corrected chi connectivity index (χ3v) is 3.00. The number of rotatable bonds is 6. The summed E-state index contributed by atoms with van der Waals surface area (Å²) in [6.45, 7) is 1.32. The van der Waals surface area contributed by atoms with Gasteiger partial charge >= 0.3 is 0 Å². The van der Waals surface area contributed by atoms with Crippen LogP contribution in [-0.2, 0) is 4.74 Å². The Morgan fingerprint density at radius 2 is 2.00 bits per heavy atom. The van der Waals surface area contributed by atoms with Crippen LogP contribution in [0.1, 0.15) is 10.4 Å². The van der Waals surface area contributed by atoms with Crippen molar-refractivity contribution in [2.24, 2.45) is 0 Å². The van der Waals surface area contributed by atoms with Gasteiger partial charge in [0.25, 0.3) is 5.91 Å². The molecule has 0 saturated heterocycles. The minimum atomic E-state index is -0.223. The number of methoxy groups -OCH3 is 1. The van der Waals surface area contributed by atoms with E-state index in [4.69, 9.17) is 16.3 Å². The predicted molar refractivity (Wildman–Crippen MR) is 84.0 cm³/mol. The molecule has 0 aliphatic rings. The van der Waals surface area contributed by atoms with Crippen LogP contribution in [0.25, 0.3) is 0 Å². The molecule has 2 rings (SSSR count). The maximum Gasteiger partial charge on any atom is 0.256 e. The second-order valence-electron chi connectivity index (χ2n) is 4.31. The predicted octanol–water partition coefficient (Wildman–Crippen LogP) is 3.05. The van der Waals surface area contributed by atoms with E-state index in [0.717, 1.165) is 5.69 Å². The number of nitrogens with one attached hydrogen (secondary N) is 2. The van der Waals surface area contributed by atoms with E-state index in [1.54, 1.807) is 43.6 Å². The smallest absolute Gasteiger partial charge is 0.256 e. The molecule has 1 aromatic heterocycles. The van der Waals surface area contributed by atoms with Gasteiger partial charge in [-0.2, -0.15) is 0 Å². The quantitative estimate of drug-likeness (QED) is 0.805. The van der Waals surface area contributed by atoms with Crippen molar-refractivity contribution in [2.75, 3.05) is 30.9 Å². The minimum Gasteiger partial charge on any atom is -0.383 e. The number of nitrogens with zero attached hydrogens (tertiary/aromatic N) is 1. The average molecular weight is 306 g/mol. The normalized spacial score (nSPS) is 10.2. The fraction of sp³-hybridized carbons (Fsp3) is 0.200. The summed E-state index contributed by atoms with van der Waals surface area (Å²) in [4.78, 5) is 16.2. The molecule has 0 aliphatic carbocycles. The molecule has 1 heterocycles. The number of halogens is 1. The number of benzene rings is 1. The van der Waals surface area contributed by atoms with E-state index in [1.165, 1.54) is 0 Å². The molecular formula is C15H16ClN3O2. The van der Waals surface area contributed by atoms with E-state index in [9.17, 15) is 4.79 Å². The van der Waals surface area contributed by atoms with Crippen molar-refractivity contribution in [2.45, 2.75) is 0 Å². The first-order valence-corrected chi connectivity index (χ1v) is 6.82. The molecule has 0 aliphatic heterocycles. The first kappa shape index (κ1) is 15.3. The number of aromatic nitrogens is 1. The highest BCUT2D eigenvalue weighted by Gasteiger charge is 2.06. The molecule has 0 unspecified atom stereocenters. The van der Waals surface area contributed by atoms with Crippen LogP contribution in [-0.4, -0.2) is 31.2 Å². The molecule has 0 bridgehead atoms. The Morgan fingerprint density at radius 1 is 1.24 bits per heavy atom. The van der Waals surface area contributed by atoms with Crippen molar-refractivity contribution in [3.63, 3.8) is 0 Å². The Morgan fingerprint density at radius 3 is 2.62 bits per heavy atom. The maximum atomic E-state index is 12.0. The topological polar surface area (TPSA) is 63.2 Å². The molecule has 0 saturated carbocycles. The molecule has 1 aromatic carbocycles. The zero-order valence-electron chi connectivity index (χ0n) is 11.6. The summed E-state index contributed by atoms with van der Waals surface area (Å²) in [7, 11) is 1.65. The molecule has 0 fully saturated rings. The monoisotopic (exact) mass is 305 g/mol. The Bertz CT molecular complexity index is 585. The van der Waals surface area contributed by atoms with E-state index in [0.29, 0.717) is 29.6 Å². The van der Waals surface area contributed by atoms with Crippen LogP contribution < -0.4 is 10.6 Å². The summed E-state index contributed by atoms with van der Waals surface area (Å²) in [6.07, 6.45) is 1.66. The van der Waals surface area contributed by atoms with Crippen molar-refractivity contribution in [3.8, 4) is 0 Å². The fourth-order valence-corrected chi connectivity index (χ4v) is 1.79. The molecule has 0 radical (unpaired) electrons. The van der Waals surface area contributed by atoms with Crippen LogP contribution in [0.2, 0.25) is 5.02 Å². The van der Waals surface area contributed by atoms with Gasteiger partial charge < -0.3 is 15.4 Å². The van der Waals surface area contributed by atoms with E-state index < -0.39 is 0 Å². The minimum absolute atomic E-state index is 0.223. The van der Waals surface area contributed by atoms with Gasteiger partial charge in [0, 0.05) is 24.2 Å². The van der Waals surface area contributed by atoms with Crippen LogP contribution in [0.5, 0.6) is 0 Å². The first-order chi connectivity index (χ1) is 10.2. The average Bonchev–Trinajstić information content (AvgIpc) is 2.50. The second-order valence-corrected chi connectivity index (χ2v) is 4.75. The van der Waals surface area contributed by atoms with Crippen molar-refractivity contribution >= 4 is 29.0 Å². The Balaban J connectivity index is 1.93. The number of ether oxygens (including phenoxy) is 1. The standard InChI is InChI=1S/C15H16ClN3O2/c1-21-9-8-17-13-6-7-14(18-10-13)19-15(20)11-2-4-12(16)5-3-11/h2-7,10,17H,8-9H2,1H3,(H,18,19,20). The fourth-order valence-electron chi connectivity index (χ4n) is 1.66. The number of pyridine rings is 1. The summed E-state index contributed by atoms with van der Waals surface area (Å²) in [6, 6.07) is 10.3. The number of hydrogen-bond acceptors (Lipinski definition) is 4. The largest absolute Gasteiger partial charge is 0.383 e. The zero-order valence-corrected chi connectivity index (χ0v) is 12.4. The Labute approximate surface area is 128 Å². The van der Waals surface area contributed by atoms with Crippen molar-refractivity contribution in [1.82, 2.24) is 4.98 Å². The van der Waals surface area contributed by atoms with E-state index in [2.05, 4.69) is 15.6 Å². The highest BCUT2D eigenvalue weighted by atomic mass is 35.5. The molecule has 6 heteroatoms. The summed E-state index contributed by atoms with van der Waals surface area (Å²) in [5.74, 6) is 0.270. The number of hydrogen-bond donors (Lipinski definition) is 2. The molecule has 0 atom stereocenters. The summed E-state index contributed by atoms with van der Waals surface area (Å²) in [5, 5.41) is 6.47. The summed E-state index contributed by atoms with van der Waals surface area (Å²) < 4.78 is 4.95. The Kier molecular flexibility index (Phi) is 5.54. The highest BCUT2D eigenvalue weighted by molar-refractivity contribution is 6.30. The molecular weight excluding hydrogens is 290 g/mol. The van der Waals surface area contributed by atoms with Crippen LogP contribution in [0.15, 0.2) is 42.6 Å². The van der Waals surface area contributed by atoms with E-state index in [-0.39, 0.29) is 5.91 Å². The van der Waals surface area contributed by atoms with Gasteiger partial charge in [0.2, 0.25) is 0 Å². The Hall–Kier alpha value is -2.11. The number of anilines is 2. The van der Waals surface area contributed by atoms with Gasteiger partial charge in [0.05, 0.1) is 18.5 Å².